The minimum atomic E-state index is -0.380. The molecule has 0 saturated carbocycles. The van der Waals surface area contributed by atoms with Gasteiger partial charge in [-0.3, -0.25) is 4.79 Å². The Kier molecular flexibility index (Phi) is 5.23. The third-order valence-electron chi connectivity index (χ3n) is 3.59. The highest BCUT2D eigenvalue weighted by Crippen LogP contribution is 2.20. The smallest absolute Gasteiger partial charge is 0.251 e. The van der Waals surface area contributed by atoms with Crippen molar-refractivity contribution in [2.75, 3.05) is 13.1 Å². The number of ether oxygens (including phenoxy) is 2. The molecular weight excluding hydrogens is 266 g/mol. The molecule has 21 heavy (non-hydrogen) atoms. The maximum absolute atomic E-state index is 12.1. The van der Waals surface area contributed by atoms with Gasteiger partial charge in [0.2, 0.25) is 0 Å². The van der Waals surface area contributed by atoms with E-state index in [4.69, 9.17) is 9.47 Å². The van der Waals surface area contributed by atoms with Crippen molar-refractivity contribution in [2.45, 2.75) is 52.4 Å². The van der Waals surface area contributed by atoms with Crippen molar-refractivity contribution in [1.29, 1.82) is 0 Å². The maximum atomic E-state index is 12.1. The summed E-state index contributed by atoms with van der Waals surface area (Å²) in [7, 11) is 0. The fourth-order valence-corrected chi connectivity index (χ4v) is 2.45. The molecule has 0 radical (unpaired) electrons. The van der Waals surface area contributed by atoms with Crippen LogP contribution >= 0.6 is 0 Å². The fourth-order valence-electron chi connectivity index (χ4n) is 2.45. The molecule has 1 aromatic rings. The number of hydrogen-bond acceptors (Lipinski definition) is 3. The first-order chi connectivity index (χ1) is 9.99. The zero-order valence-electron chi connectivity index (χ0n) is 13.3. The van der Waals surface area contributed by atoms with Gasteiger partial charge in [0.05, 0.1) is 19.2 Å². The SMILES string of the molecule is CCc1cccc(OC2CN(C(=O)[C@H](C)OC(C)C)C2)c1. The number of carbonyl (C=O) groups is 1. The predicted molar refractivity (Wildman–Crippen MR) is 82.5 cm³/mol. The van der Waals surface area contributed by atoms with Gasteiger partial charge < -0.3 is 14.4 Å². The maximum Gasteiger partial charge on any atom is 0.251 e. The number of likely N-dealkylation sites (tertiary alicyclic amines) is 1. The lowest BCUT2D eigenvalue weighted by atomic mass is 10.1. The van der Waals surface area contributed by atoms with Crippen LogP contribution in [0.2, 0.25) is 0 Å². The number of nitrogens with zero attached hydrogens (tertiary/aromatic N) is 1. The standard InChI is InChI=1S/C17H25NO3/c1-5-14-7-6-8-15(9-14)21-16-10-18(11-16)17(19)13(4)20-12(2)3/h6-9,12-13,16H,5,10-11H2,1-4H3/t13-/m0/s1. The lowest BCUT2D eigenvalue weighted by Gasteiger charge is -2.40. The molecule has 4 nitrogen and oxygen atoms in total. The first-order valence-corrected chi connectivity index (χ1v) is 7.69. The van der Waals surface area contributed by atoms with Crippen LogP contribution in [0.1, 0.15) is 33.3 Å². The second kappa shape index (κ2) is 6.94. The Morgan fingerprint density at radius 1 is 1.33 bits per heavy atom. The minimum absolute atomic E-state index is 0.0471. The molecule has 0 spiro atoms. The Balaban J connectivity index is 1.79. The molecule has 1 heterocycles. The number of amides is 1. The Bertz CT molecular complexity index is 481. The van der Waals surface area contributed by atoms with Crippen LogP contribution in [0, 0.1) is 0 Å². The molecule has 1 aromatic carbocycles. The first kappa shape index (κ1) is 15.8. The number of hydrogen-bond donors (Lipinski definition) is 0. The van der Waals surface area contributed by atoms with Crippen molar-refractivity contribution in [3.8, 4) is 5.75 Å². The second-order valence-corrected chi connectivity index (χ2v) is 5.81. The van der Waals surface area contributed by atoms with Gasteiger partial charge in [0.25, 0.3) is 5.91 Å². The normalized spacial score (nSPS) is 16.7. The Morgan fingerprint density at radius 2 is 2.05 bits per heavy atom. The largest absolute Gasteiger partial charge is 0.487 e. The summed E-state index contributed by atoms with van der Waals surface area (Å²) in [5, 5.41) is 0. The summed E-state index contributed by atoms with van der Waals surface area (Å²) in [6.45, 7) is 9.08. The van der Waals surface area contributed by atoms with Crippen LogP contribution in [0.4, 0.5) is 0 Å². The molecule has 0 bridgehead atoms. The van der Waals surface area contributed by atoms with Gasteiger partial charge in [-0.1, -0.05) is 19.1 Å². The summed E-state index contributed by atoms with van der Waals surface area (Å²) in [4.78, 5) is 13.9. The quantitative estimate of drug-likeness (QED) is 0.809. The molecule has 1 amide bonds. The molecule has 4 heteroatoms. The van der Waals surface area contributed by atoms with E-state index in [0.717, 1.165) is 12.2 Å². The minimum Gasteiger partial charge on any atom is -0.487 e. The van der Waals surface area contributed by atoms with E-state index in [1.54, 1.807) is 11.8 Å². The van der Waals surface area contributed by atoms with Gasteiger partial charge in [-0.05, 0) is 44.9 Å². The fraction of sp³-hybridized carbons (Fsp3) is 0.588. The lowest BCUT2D eigenvalue weighted by molar-refractivity contribution is -0.153. The predicted octanol–water partition coefficient (Wildman–Crippen LogP) is 2.65. The van der Waals surface area contributed by atoms with E-state index in [1.165, 1.54) is 5.56 Å². The topological polar surface area (TPSA) is 38.8 Å². The van der Waals surface area contributed by atoms with Crippen LogP contribution in [-0.4, -0.2) is 42.2 Å². The van der Waals surface area contributed by atoms with Crippen molar-refractivity contribution >= 4 is 5.91 Å². The number of benzene rings is 1. The zero-order chi connectivity index (χ0) is 15.4. The Labute approximate surface area is 127 Å². The van der Waals surface area contributed by atoms with Gasteiger partial charge in [-0.15, -0.1) is 0 Å². The highest BCUT2D eigenvalue weighted by Gasteiger charge is 2.34. The summed E-state index contributed by atoms with van der Waals surface area (Å²) in [5.41, 5.74) is 1.26. The van der Waals surface area contributed by atoms with Crippen molar-refractivity contribution < 1.29 is 14.3 Å². The first-order valence-electron chi connectivity index (χ1n) is 7.69. The second-order valence-electron chi connectivity index (χ2n) is 5.81. The number of carbonyl (C=O) groups excluding carboxylic acids is 1. The highest BCUT2D eigenvalue weighted by molar-refractivity contribution is 5.81. The van der Waals surface area contributed by atoms with Gasteiger partial charge in [0.15, 0.2) is 0 Å². The molecule has 116 valence electrons. The van der Waals surface area contributed by atoms with Crippen LogP contribution < -0.4 is 4.74 Å². The zero-order valence-corrected chi connectivity index (χ0v) is 13.3. The summed E-state index contributed by atoms with van der Waals surface area (Å²) in [6.07, 6.45) is 0.770. The molecule has 2 rings (SSSR count). The highest BCUT2D eigenvalue weighted by atomic mass is 16.5. The molecule has 1 saturated heterocycles. The third kappa shape index (κ3) is 4.21. The van der Waals surface area contributed by atoms with Gasteiger partial charge in [-0.25, -0.2) is 0 Å². The molecule has 0 aliphatic carbocycles. The molecule has 1 aliphatic rings. The average molecular weight is 291 g/mol. The number of aryl methyl sites for hydroxylation is 1. The van der Waals surface area contributed by atoms with Gasteiger partial charge in [-0.2, -0.15) is 0 Å². The van der Waals surface area contributed by atoms with Crippen LogP contribution in [0.25, 0.3) is 0 Å². The average Bonchev–Trinajstić information content (AvgIpc) is 2.41. The van der Waals surface area contributed by atoms with E-state index in [9.17, 15) is 4.79 Å². The molecule has 1 atom stereocenters. The van der Waals surface area contributed by atoms with E-state index in [0.29, 0.717) is 13.1 Å². The summed E-state index contributed by atoms with van der Waals surface area (Å²) < 4.78 is 11.4. The van der Waals surface area contributed by atoms with E-state index in [1.807, 2.05) is 26.0 Å². The molecule has 0 aromatic heterocycles. The van der Waals surface area contributed by atoms with Crippen molar-refractivity contribution in [3.63, 3.8) is 0 Å². The van der Waals surface area contributed by atoms with Gasteiger partial charge >= 0.3 is 0 Å². The van der Waals surface area contributed by atoms with E-state index >= 15 is 0 Å². The molecular formula is C17H25NO3. The van der Waals surface area contributed by atoms with Crippen LogP contribution in [0.15, 0.2) is 24.3 Å². The van der Waals surface area contributed by atoms with Gasteiger partial charge in [0.1, 0.15) is 18.0 Å². The van der Waals surface area contributed by atoms with E-state index in [-0.39, 0.29) is 24.2 Å². The molecule has 0 N–H and O–H groups in total. The molecule has 0 unspecified atom stereocenters. The van der Waals surface area contributed by atoms with Crippen molar-refractivity contribution in [3.05, 3.63) is 29.8 Å². The summed E-state index contributed by atoms with van der Waals surface area (Å²) >= 11 is 0. The van der Waals surface area contributed by atoms with E-state index < -0.39 is 0 Å². The molecule has 1 fully saturated rings. The molecule has 1 aliphatic heterocycles. The van der Waals surface area contributed by atoms with Crippen LogP contribution in [0.3, 0.4) is 0 Å². The van der Waals surface area contributed by atoms with Gasteiger partial charge in [0, 0.05) is 0 Å². The van der Waals surface area contributed by atoms with Crippen LogP contribution in [-0.2, 0) is 16.0 Å². The summed E-state index contributed by atoms with van der Waals surface area (Å²) in [6, 6.07) is 8.13. The third-order valence-corrected chi connectivity index (χ3v) is 3.59. The lowest BCUT2D eigenvalue weighted by Crippen LogP contribution is -2.58. The Morgan fingerprint density at radius 3 is 2.67 bits per heavy atom. The van der Waals surface area contributed by atoms with Crippen LogP contribution in [0.5, 0.6) is 5.75 Å². The van der Waals surface area contributed by atoms with E-state index in [2.05, 4.69) is 19.1 Å². The Hall–Kier alpha value is -1.55. The summed E-state index contributed by atoms with van der Waals surface area (Å²) in [5.74, 6) is 0.934. The number of rotatable bonds is 6. The van der Waals surface area contributed by atoms with Crippen molar-refractivity contribution in [2.24, 2.45) is 0 Å². The van der Waals surface area contributed by atoms with Crippen molar-refractivity contribution in [1.82, 2.24) is 4.90 Å². The monoisotopic (exact) mass is 291 g/mol.